The van der Waals surface area contributed by atoms with Crippen LogP contribution < -0.4 is 4.90 Å². The van der Waals surface area contributed by atoms with Gasteiger partial charge in [0.15, 0.2) is 0 Å². The lowest BCUT2D eigenvalue weighted by Crippen LogP contribution is -2.44. The number of carbonyl (C=O) groups excluding carboxylic acids is 2. The summed E-state index contributed by atoms with van der Waals surface area (Å²) in [7, 11) is 0. The third-order valence-electron chi connectivity index (χ3n) is 4.50. The Hall–Kier alpha value is -3.13. The molecule has 0 aromatic heterocycles. The number of ether oxygens (including phenoxy) is 1. The third kappa shape index (κ3) is 3.63. The average Bonchev–Trinajstić information content (AvgIpc) is 2.84. The zero-order valence-electron chi connectivity index (χ0n) is 16.4. The van der Waals surface area contributed by atoms with Crippen molar-refractivity contribution in [2.75, 3.05) is 4.90 Å². The highest BCUT2D eigenvalue weighted by Gasteiger charge is 2.51. The molecule has 1 heterocycles. The molecule has 2 aromatic carbocycles. The Kier molecular flexibility index (Phi) is 4.99. The summed E-state index contributed by atoms with van der Waals surface area (Å²) in [5.74, 6) is 4.84. The van der Waals surface area contributed by atoms with Crippen molar-refractivity contribution in [3.05, 3.63) is 65.5 Å². The van der Waals surface area contributed by atoms with Crippen molar-refractivity contribution in [2.24, 2.45) is 0 Å². The minimum atomic E-state index is -1.14. The minimum absolute atomic E-state index is 0.0502. The second-order valence-corrected chi connectivity index (χ2v) is 7.93. The molecule has 5 heteroatoms. The van der Waals surface area contributed by atoms with Crippen molar-refractivity contribution in [3.8, 4) is 11.8 Å². The van der Waals surface area contributed by atoms with Gasteiger partial charge in [-0.05, 0) is 51.5 Å². The number of nitrogens with zero attached hydrogens (tertiary/aromatic N) is 1. The monoisotopic (exact) mass is 379 g/mol. The van der Waals surface area contributed by atoms with Gasteiger partial charge in [-0.15, -0.1) is 0 Å². The predicted molar refractivity (Wildman–Crippen MR) is 105 cm³/mol. The highest BCUT2D eigenvalue weighted by molar-refractivity contribution is 6.21. The number of benzene rings is 2. The fourth-order valence-electron chi connectivity index (χ4n) is 3.15. The molecule has 2 amide bonds. The lowest BCUT2D eigenvalue weighted by molar-refractivity contribution is -0.122. The normalized spacial score (nSPS) is 18.3. The smallest absolute Gasteiger partial charge is 0.421 e. The molecule has 0 aliphatic carbocycles. The maximum absolute atomic E-state index is 14.6. The lowest BCUT2D eigenvalue weighted by atomic mass is 9.81. The van der Waals surface area contributed by atoms with Gasteiger partial charge in [-0.25, -0.2) is 14.1 Å². The molecule has 1 atom stereocenters. The van der Waals surface area contributed by atoms with Crippen LogP contribution in [0.25, 0.3) is 0 Å². The van der Waals surface area contributed by atoms with E-state index in [1.165, 1.54) is 12.1 Å². The van der Waals surface area contributed by atoms with Crippen LogP contribution >= 0.6 is 0 Å². The van der Waals surface area contributed by atoms with Crippen LogP contribution in [-0.4, -0.2) is 17.6 Å². The number of para-hydroxylation sites is 1. The molecule has 144 valence electrons. The SMILES string of the molecule is CC(C)(C)OC(=O)N1C(=O)[C@@](C)(CC#Cc2ccccc2)c2cccc(F)c21. The second-order valence-electron chi connectivity index (χ2n) is 7.93. The van der Waals surface area contributed by atoms with Gasteiger partial charge in [0, 0.05) is 12.0 Å². The predicted octanol–water partition coefficient (Wildman–Crippen LogP) is 4.81. The molecule has 0 saturated heterocycles. The molecule has 0 saturated carbocycles. The van der Waals surface area contributed by atoms with Crippen LogP contribution in [0.1, 0.15) is 45.2 Å². The van der Waals surface area contributed by atoms with Gasteiger partial charge in [0.05, 0.1) is 11.1 Å². The van der Waals surface area contributed by atoms with Gasteiger partial charge in [0.2, 0.25) is 5.91 Å². The Balaban J connectivity index is 1.99. The van der Waals surface area contributed by atoms with Crippen LogP contribution in [0.3, 0.4) is 0 Å². The Morgan fingerprint density at radius 1 is 1.14 bits per heavy atom. The molecule has 0 unspecified atom stereocenters. The van der Waals surface area contributed by atoms with Crippen molar-refractivity contribution in [1.29, 1.82) is 0 Å². The van der Waals surface area contributed by atoms with Crippen molar-refractivity contribution < 1.29 is 18.7 Å². The van der Waals surface area contributed by atoms with E-state index in [0.717, 1.165) is 10.5 Å². The Labute approximate surface area is 164 Å². The number of hydrogen-bond donors (Lipinski definition) is 0. The van der Waals surface area contributed by atoms with E-state index in [1.54, 1.807) is 33.8 Å². The largest absolute Gasteiger partial charge is 0.443 e. The molecular weight excluding hydrogens is 357 g/mol. The van der Waals surface area contributed by atoms with E-state index in [2.05, 4.69) is 11.8 Å². The average molecular weight is 379 g/mol. The summed E-state index contributed by atoms with van der Waals surface area (Å²) >= 11 is 0. The Bertz CT molecular complexity index is 982. The number of halogens is 1. The quantitative estimate of drug-likeness (QED) is 0.668. The van der Waals surface area contributed by atoms with Crippen molar-refractivity contribution in [1.82, 2.24) is 0 Å². The summed E-state index contributed by atoms with van der Waals surface area (Å²) < 4.78 is 19.9. The van der Waals surface area contributed by atoms with E-state index in [1.807, 2.05) is 30.3 Å². The van der Waals surface area contributed by atoms with Crippen LogP contribution in [-0.2, 0) is 14.9 Å². The zero-order chi connectivity index (χ0) is 20.5. The molecule has 3 rings (SSSR count). The topological polar surface area (TPSA) is 46.6 Å². The van der Waals surface area contributed by atoms with Crippen LogP contribution in [0.15, 0.2) is 48.5 Å². The van der Waals surface area contributed by atoms with Gasteiger partial charge in [0.1, 0.15) is 11.4 Å². The van der Waals surface area contributed by atoms with Crippen LogP contribution in [0.4, 0.5) is 14.9 Å². The highest BCUT2D eigenvalue weighted by Crippen LogP contribution is 2.45. The summed E-state index contributed by atoms with van der Waals surface area (Å²) in [6.45, 7) is 6.76. The van der Waals surface area contributed by atoms with Crippen molar-refractivity contribution in [2.45, 2.75) is 45.1 Å². The second kappa shape index (κ2) is 7.12. The van der Waals surface area contributed by atoms with Crippen LogP contribution in [0.5, 0.6) is 0 Å². The number of carbonyl (C=O) groups is 2. The molecule has 2 aromatic rings. The maximum atomic E-state index is 14.6. The molecule has 1 aliphatic rings. The first-order valence-corrected chi connectivity index (χ1v) is 9.04. The summed E-state index contributed by atoms with van der Waals surface area (Å²) in [5.41, 5.74) is -0.748. The number of imide groups is 1. The number of amides is 2. The van der Waals surface area contributed by atoms with E-state index < -0.39 is 28.8 Å². The molecule has 4 nitrogen and oxygen atoms in total. The molecule has 0 radical (unpaired) electrons. The van der Waals surface area contributed by atoms with Gasteiger partial charge in [-0.1, -0.05) is 42.2 Å². The van der Waals surface area contributed by atoms with Crippen LogP contribution in [0.2, 0.25) is 0 Å². The molecule has 0 spiro atoms. The van der Waals surface area contributed by atoms with Gasteiger partial charge < -0.3 is 4.74 Å². The lowest BCUT2D eigenvalue weighted by Gasteiger charge is -2.25. The molecule has 28 heavy (non-hydrogen) atoms. The van der Waals surface area contributed by atoms with Crippen molar-refractivity contribution >= 4 is 17.7 Å². The minimum Gasteiger partial charge on any atom is -0.443 e. The van der Waals surface area contributed by atoms with E-state index in [9.17, 15) is 14.0 Å². The first kappa shape index (κ1) is 19.6. The van der Waals surface area contributed by atoms with E-state index in [4.69, 9.17) is 4.74 Å². The molecule has 0 N–H and O–H groups in total. The number of anilines is 1. The van der Waals surface area contributed by atoms with E-state index in [-0.39, 0.29) is 12.1 Å². The molecular formula is C23H22FNO3. The Morgan fingerprint density at radius 2 is 1.82 bits per heavy atom. The van der Waals surface area contributed by atoms with E-state index in [0.29, 0.717) is 5.56 Å². The summed E-state index contributed by atoms with van der Waals surface area (Å²) in [5, 5.41) is 0. The molecule has 1 aliphatic heterocycles. The van der Waals surface area contributed by atoms with E-state index >= 15 is 0 Å². The van der Waals surface area contributed by atoms with Gasteiger partial charge in [0.25, 0.3) is 0 Å². The van der Waals surface area contributed by atoms with Gasteiger partial charge >= 0.3 is 6.09 Å². The molecule has 0 bridgehead atoms. The van der Waals surface area contributed by atoms with Crippen molar-refractivity contribution in [3.63, 3.8) is 0 Å². The zero-order valence-corrected chi connectivity index (χ0v) is 16.4. The highest BCUT2D eigenvalue weighted by atomic mass is 19.1. The van der Waals surface area contributed by atoms with Gasteiger partial charge in [-0.3, -0.25) is 4.79 Å². The third-order valence-corrected chi connectivity index (χ3v) is 4.50. The first-order valence-electron chi connectivity index (χ1n) is 9.04. The van der Waals surface area contributed by atoms with Gasteiger partial charge in [-0.2, -0.15) is 0 Å². The molecule has 0 fully saturated rings. The number of hydrogen-bond acceptors (Lipinski definition) is 3. The number of fused-ring (bicyclic) bond motifs is 1. The van der Waals surface area contributed by atoms with Crippen LogP contribution in [0, 0.1) is 17.7 Å². The summed E-state index contributed by atoms with van der Waals surface area (Å²) in [4.78, 5) is 26.7. The fourth-order valence-corrected chi connectivity index (χ4v) is 3.15. The summed E-state index contributed by atoms with van der Waals surface area (Å²) in [6, 6.07) is 13.8. The number of rotatable bonds is 1. The Morgan fingerprint density at radius 3 is 2.46 bits per heavy atom. The fraction of sp³-hybridized carbons (Fsp3) is 0.304. The standard InChI is InChI=1S/C23H22FNO3/c1-22(2,3)28-21(27)25-19-17(13-8-14-18(19)24)23(4,20(25)26)15-9-12-16-10-6-5-7-11-16/h5-8,10-11,13-14H,15H2,1-4H3/t23-/m0/s1. The summed E-state index contributed by atoms with van der Waals surface area (Å²) in [6.07, 6.45) is -0.736. The first-order chi connectivity index (χ1) is 13.1. The maximum Gasteiger partial charge on any atom is 0.421 e.